The highest BCUT2D eigenvalue weighted by molar-refractivity contribution is 5.87. The summed E-state index contributed by atoms with van der Waals surface area (Å²) in [5.74, 6) is -3.24. The number of aliphatic carboxylic acids is 1. The summed E-state index contributed by atoms with van der Waals surface area (Å²) in [5, 5.41) is 57.0. The maximum atomic E-state index is 11.8. The summed E-state index contributed by atoms with van der Waals surface area (Å²) < 4.78 is 4.92. The molecular weight excluding hydrogens is 336 g/mol. The summed E-state index contributed by atoms with van der Waals surface area (Å²) in [7, 11) is 0. The third-order valence-corrected chi connectivity index (χ3v) is 3.94. The predicted octanol–water partition coefficient (Wildman–Crippen LogP) is -0.646. The van der Waals surface area contributed by atoms with E-state index in [2.05, 4.69) is 0 Å². The van der Waals surface area contributed by atoms with Gasteiger partial charge in [0.05, 0.1) is 6.10 Å². The fraction of sp³-hybridized carbons (Fsp3) is 0.375. The maximum absolute atomic E-state index is 11.8. The summed E-state index contributed by atoms with van der Waals surface area (Å²) in [6.45, 7) is 0. The number of aliphatic hydroxyl groups excluding tert-OH is 2. The number of carbonyl (C=O) groups is 2. The van der Waals surface area contributed by atoms with Crippen LogP contribution in [-0.2, 0) is 14.3 Å². The van der Waals surface area contributed by atoms with Crippen LogP contribution in [0.5, 0.6) is 11.5 Å². The van der Waals surface area contributed by atoms with E-state index in [9.17, 15) is 35.1 Å². The van der Waals surface area contributed by atoms with Gasteiger partial charge in [0.25, 0.3) is 0 Å². The van der Waals surface area contributed by atoms with Crippen molar-refractivity contribution >= 4 is 18.0 Å². The van der Waals surface area contributed by atoms with Crippen molar-refractivity contribution in [3.8, 4) is 11.5 Å². The van der Waals surface area contributed by atoms with Crippen LogP contribution in [0.3, 0.4) is 0 Å². The lowest BCUT2D eigenvalue weighted by atomic mass is 9.79. The number of rotatable bonds is 4. The number of aliphatic hydroxyl groups is 3. The first-order chi connectivity index (χ1) is 11.6. The second-order valence-electron chi connectivity index (χ2n) is 5.86. The molecule has 0 saturated heterocycles. The molecule has 0 aliphatic heterocycles. The van der Waals surface area contributed by atoms with Gasteiger partial charge in [0.2, 0.25) is 0 Å². The molecule has 0 unspecified atom stereocenters. The number of hydrogen-bond acceptors (Lipinski definition) is 8. The number of carboxylic acids is 1. The number of aromatic hydroxyl groups is 2. The fourth-order valence-corrected chi connectivity index (χ4v) is 2.53. The van der Waals surface area contributed by atoms with Crippen molar-refractivity contribution in [1.82, 2.24) is 0 Å². The summed E-state index contributed by atoms with van der Waals surface area (Å²) in [6.07, 6.45) is -3.44. The van der Waals surface area contributed by atoms with Crippen molar-refractivity contribution in [2.24, 2.45) is 0 Å². The van der Waals surface area contributed by atoms with Gasteiger partial charge in [0.1, 0.15) is 12.2 Å². The van der Waals surface area contributed by atoms with Crippen molar-refractivity contribution in [3.05, 3.63) is 29.8 Å². The molecule has 1 aliphatic rings. The SMILES string of the molecule is O=C(/C=C\c1ccc(O)c(O)c1)O[C@@H]1C[C@](O)(C(=O)O)C[C@@H](O)[C@H]1O. The summed E-state index contributed by atoms with van der Waals surface area (Å²) in [6, 6.07) is 3.83. The lowest BCUT2D eigenvalue weighted by Gasteiger charge is -2.39. The number of ether oxygens (including phenoxy) is 1. The first-order valence-corrected chi connectivity index (χ1v) is 7.35. The van der Waals surface area contributed by atoms with Gasteiger partial charge < -0.3 is 35.4 Å². The van der Waals surface area contributed by atoms with Gasteiger partial charge in [-0.05, 0) is 23.8 Å². The van der Waals surface area contributed by atoms with Crippen LogP contribution in [0.15, 0.2) is 24.3 Å². The number of hydrogen-bond donors (Lipinski definition) is 6. The molecule has 0 radical (unpaired) electrons. The van der Waals surface area contributed by atoms with Crippen molar-refractivity contribution in [2.45, 2.75) is 36.8 Å². The largest absolute Gasteiger partial charge is 0.504 e. The first-order valence-electron chi connectivity index (χ1n) is 7.35. The molecule has 136 valence electrons. The van der Waals surface area contributed by atoms with Gasteiger partial charge in [-0.25, -0.2) is 9.59 Å². The molecule has 6 N–H and O–H groups in total. The lowest BCUT2D eigenvalue weighted by Crippen LogP contribution is -2.57. The average Bonchev–Trinajstić information content (AvgIpc) is 2.53. The zero-order valence-corrected chi connectivity index (χ0v) is 12.9. The Kier molecular flexibility index (Phi) is 5.31. The van der Waals surface area contributed by atoms with Crippen molar-refractivity contribution in [3.63, 3.8) is 0 Å². The van der Waals surface area contributed by atoms with Gasteiger partial charge >= 0.3 is 11.9 Å². The van der Waals surface area contributed by atoms with Crippen LogP contribution in [0.25, 0.3) is 6.08 Å². The Morgan fingerprint density at radius 2 is 1.84 bits per heavy atom. The van der Waals surface area contributed by atoms with E-state index in [1.54, 1.807) is 0 Å². The smallest absolute Gasteiger partial charge is 0.335 e. The molecule has 9 heteroatoms. The Bertz CT molecular complexity index is 699. The third kappa shape index (κ3) is 4.27. The molecule has 0 heterocycles. The van der Waals surface area contributed by atoms with Gasteiger partial charge in [-0.15, -0.1) is 0 Å². The molecule has 0 amide bonds. The molecule has 0 aromatic heterocycles. The van der Waals surface area contributed by atoms with Crippen LogP contribution in [0.4, 0.5) is 0 Å². The fourth-order valence-electron chi connectivity index (χ4n) is 2.53. The number of phenolic OH excluding ortho intramolecular Hbond substituents is 2. The summed E-state index contributed by atoms with van der Waals surface area (Å²) in [4.78, 5) is 22.9. The molecule has 9 nitrogen and oxygen atoms in total. The Morgan fingerprint density at radius 3 is 2.44 bits per heavy atom. The monoisotopic (exact) mass is 354 g/mol. The van der Waals surface area contributed by atoms with Crippen LogP contribution in [0.2, 0.25) is 0 Å². The number of carbonyl (C=O) groups excluding carboxylic acids is 1. The Balaban J connectivity index is 2.06. The van der Waals surface area contributed by atoms with E-state index in [4.69, 9.17) is 9.84 Å². The van der Waals surface area contributed by atoms with Gasteiger partial charge in [-0.2, -0.15) is 0 Å². The van der Waals surface area contributed by atoms with Crippen LogP contribution >= 0.6 is 0 Å². The minimum absolute atomic E-state index is 0.327. The van der Waals surface area contributed by atoms with Crippen LogP contribution < -0.4 is 0 Å². The highest BCUT2D eigenvalue weighted by Gasteiger charge is 2.50. The molecule has 2 rings (SSSR count). The van der Waals surface area contributed by atoms with E-state index in [1.807, 2.05) is 0 Å². The van der Waals surface area contributed by atoms with Gasteiger partial charge in [-0.3, -0.25) is 0 Å². The number of carboxylic acid groups (broad SMARTS) is 1. The Labute approximate surface area is 142 Å². The zero-order chi connectivity index (χ0) is 18.8. The molecule has 1 fully saturated rings. The van der Waals surface area contributed by atoms with E-state index >= 15 is 0 Å². The number of benzene rings is 1. The average molecular weight is 354 g/mol. The molecule has 25 heavy (non-hydrogen) atoms. The number of phenols is 2. The van der Waals surface area contributed by atoms with E-state index in [1.165, 1.54) is 24.3 Å². The van der Waals surface area contributed by atoms with Crippen molar-refractivity contribution < 1.29 is 45.0 Å². The van der Waals surface area contributed by atoms with E-state index in [0.29, 0.717) is 5.56 Å². The topological polar surface area (TPSA) is 165 Å². The van der Waals surface area contributed by atoms with Crippen molar-refractivity contribution in [1.29, 1.82) is 0 Å². The minimum atomic E-state index is -2.31. The highest BCUT2D eigenvalue weighted by Crippen LogP contribution is 2.31. The van der Waals surface area contributed by atoms with Crippen LogP contribution in [-0.4, -0.2) is 66.5 Å². The zero-order valence-electron chi connectivity index (χ0n) is 12.9. The molecule has 1 saturated carbocycles. The van der Waals surface area contributed by atoms with Crippen LogP contribution in [0, 0.1) is 0 Å². The second-order valence-corrected chi connectivity index (χ2v) is 5.86. The Hall–Kier alpha value is -2.62. The summed E-state index contributed by atoms with van der Waals surface area (Å²) >= 11 is 0. The van der Waals surface area contributed by atoms with Gasteiger partial charge in [0, 0.05) is 18.9 Å². The molecule has 1 aromatic rings. The summed E-state index contributed by atoms with van der Waals surface area (Å²) in [5.41, 5.74) is -1.94. The van der Waals surface area contributed by atoms with E-state index in [0.717, 1.165) is 6.08 Å². The molecule has 4 atom stereocenters. The quantitative estimate of drug-likeness (QED) is 0.234. The molecule has 1 aromatic carbocycles. The predicted molar refractivity (Wildman–Crippen MR) is 82.5 cm³/mol. The standard InChI is InChI=1S/C16H18O9/c17-9-3-1-8(5-10(9)18)2-4-13(20)25-12-7-16(24,15(22)23)6-11(19)14(12)21/h1-5,11-12,14,17-19,21,24H,6-7H2,(H,22,23)/b4-2-/t11-,12-,14-,16+/m1/s1. The maximum Gasteiger partial charge on any atom is 0.335 e. The molecular formula is C16H18O9. The lowest BCUT2D eigenvalue weighted by molar-refractivity contribution is -0.196. The highest BCUT2D eigenvalue weighted by atomic mass is 16.6. The van der Waals surface area contributed by atoms with E-state index in [-0.39, 0.29) is 11.5 Å². The minimum Gasteiger partial charge on any atom is -0.504 e. The normalized spacial score (nSPS) is 29.5. The number of esters is 1. The molecule has 0 bridgehead atoms. The third-order valence-electron chi connectivity index (χ3n) is 3.94. The first kappa shape index (κ1) is 18.7. The Morgan fingerprint density at radius 1 is 1.16 bits per heavy atom. The second kappa shape index (κ2) is 7.09. The van der Waals surface area contributed by atoms with Crippen molar-refractivity contribution in [2.75, 3.05) is 0 Å². The van der Waals surface area contributed by atoms with E-state index < -0.39 is 48.7 Å². The molecule has 1 aliphatic carbocycles. The molecule has 0 spiro atoms. The van der Waals surface area contributed by atoms with Crippen LogP contribution in [0.1, 0.15) is 18.4 Å². The van der Waals surface area contributed by atoms with Gasteiger partial charge in [0.15, 0.2) is 17.1 Å². The van der Waals surface area contributed by atoms with Gasteiger partial charge in [-0.1, -0.05) is 6.07 Å².